The maximum absolute atomic E-state index is 11.6. The first-order chi connectivity index (χ1) is 8.57. The predicted octanol–water partition coefficient (Wildman–Crippen LogP) is 1.45. The molecule has 18 heavy (non-hydrogen) atoms. The molecule has 0 saturated carbocycles. The van der Waals surface area contributed by atoms with Gasteiger partial charge in [0, 0.05) is 23.8 Å². The lowest BCUT2D eigenvalue weighted by Gasteiger charge is -2.20. The topological polar surface area (TPSA) is 62.2 Å². The number of nitrogens with one attached hydrogen (secondary N) is 1. The fourth-order valence-electron chi connectivity index (χ4n) is 1.66. The van der Waals surface area contributed by atoms with Crippen LogP contribution in [0.4, 0.5) is 0 Å². The maximum atomic E-state index is 11.6. The third-order valence-electron chi connectivity index (χ3n) is 2.72. The Bertz CT molecular complexity index is 451. The Kier molecular flexibility index (Phi) is 4.42. The number of nitrogens with zero attached hydrogens (tertiary/aromatic N) is 1. The van der Waals surface area contributed by atoms with Gasteiger partial charge in [0.05, 0.1) is 16.3 Å². The summed E-state index contributed by atoms with van der Waals surface area (Å²) in [5.74, 6) is 1.47. The van der Waals surface area contributed by atoms with Gasteiger partial charge in [-0.2, -0.15) is 11.8 Å². The summed E-state index contributed by atoms with van der Waals surface area (Å²) in [6.07, 6.45) is 3.89. The zero-order valence-corrected chi connectivity index (χ0v) is 11.8. The van der Waals surface area contributed by atoms with Gasteiger partial charge in [0.15, 0.2) is 0 Å². The molecule has 6 heteroatoms. The number of rotatable bonds is 4. The second-order valence-corrected chi connectivity index (χ2v) is 6.54. The highest BCUT2D eigenvalue weighted by Gasteiger charge is 2.31. The van der Waals surface area contributed by atoms with E-state index in [1.165, 1.54) is 6.08 Å². The minimum absolute atomic E-state index is 0.189. The lowest BCUT2D eigenvalue weighted by atomic mass is 10.0. The van der Waals surface area contributed by atoms with Gasteiger partial charge in [0.1, 0.15) is 0 Å². The molecule has 0 radical (unpaired) electrons. The van der Waals surface area contributed by atoms with E-state index in [9.17, 15) is 9.90 Å². The van der Waals surface area contributed by atoms with Crippen molar-refractivity contribution in [3.63, 3.8) is 0 Å². The molecule has 98 valence electrons. The number of aromatic nitrogens is 1. The first-order valence-electron chi connectivity index (χ1n) is 5.76. The lowest BCUT2D eigenvalue weighted by Crippen LogP contribution is -2.42. The molecule has 1 aromatic rings. The summed E-state index contributed by atoms with van der Waals surface area (Å²) in [5, 5.41) is 15.7. The van der Waals surface area contributed by atoms with Crippen molar-refractivity contribution in [3.8, 4) is 0 Å². The van der Waals surface area contributed by atoms with Gasteiger partial charge in [0.25, 0.3) is 0 Å². The Morgan fingerprint density at radius 3 is 3.17 bits per heavy atom. The average molecular weight is 284 g/mol. The smallest absolute Gasteiger partial charge is 0.244 e. The summed E-state index contributed by atoms with van der Waals surface area (Å²) in [5.41, 5.74) is 0.0635. The number of hydrogen-bond donors (Lipinski definition) is 2. The number of aryl methyl sites for hydroxylation is 1. The Balaban J connectivity index is 1.80. The second-order valence-electron chi connectivity index (χ2n) is 4.37. The van der Waals surface area contributed by atoms with Crippen LogP contribution in [-0.2, 0) is 4.79 Å². The van der Waals surface area contributed by atoms with Crippen molar-refractivity contribution in [2.24, 2.45) is 0 Å². The van der Waals surface area contributed by atoms with E-state index in [1.54, 1.807) is 29.2 Å². The monoisotopic (exact) mass is 284 g/mol. The van der Waals surface area contributed by atoms with Crippen LogP contribution in [0.1, 0.15) is 17.1 Å². The molecule has 0 aromatic carbocycles. The minimum atomic E-state index is -0.731. The molecule has 1 aliphatic heterocycles. The zero-order valence-electron chi connectivity index (χ0n) is 10.2. The third-order valence-corrected chi connectivity index (χ3v) is 4.74. The summed E-state index contributed by atoms with van der Waals surface area (Å²) < 4.78 is 0. The van der Waals surface area contributed by atoms with E-state index in [2.05, 4.69) is 10.3 Å². The van der Waals surface area contributed by atoms with E-state index in [4.69, 9.17) is 0 Å². The summed E-state index contributed by atoms with van der Waals surface area (Å²) >= 11 is 3.27. The van der Waals surface area contributed by atoms with Gasteiger partial charge >= 0.3 is 0 Å². The molecule has 1 aromatic heterocycles. The lowest BCUT2D eigenvalue weighted by molar-refractivity contribution is -0.117. The van der Waals surface area contributed by atoms with Crippen LogP contribution in [0.25, 0.3) is 6.08 Å². The average Bonchev–Trinajstić information content (AvgIpc) is 2.94. The van der Waals surface area contributed by atoms with Crippen molar-refractivity contribution in [3.05, 3.63) is 22.2 Å². The van der Waals surface area contributed by atoms with Gasteiger partial charge in [-0.25, -0.2) is 4.98 Å². The first kappa shape index (κ1) is 13.6. The summed E-state index contributed by atoms with van der Waals surface area (Å²) in [6, 6.07) is 0. The van der Waals surface area contributed by atoms with Crippen molar-refractivity contribution in [1.29, 1.82) is 0 Å². The molecular formula is C12H16N2O2S2. The number of hydrogen-bond acceptors (Lipinski definition) is 5. The standard InChI is InChI=1S/C12H16N2O2S2/c1-9-14-10(6-18-9)2-3-11(15)13-7-12(16)4-5-17-8-12/h2-3,6,16H,4-5,7-8H2,1H3,(H,13,15). The van der Waals surface area contributed by atoms with Crippen LogP contribution in [0.2, 0.25) is 0 Å². The molecule has 0 spiro atoms. The van der Waals surface area contributed by atoms with E-state index >= 15 is 0 Å². The molecular weight excluding hydrogens is 268 g/mol. The third kappa shape index (κ3) is 3.83. The molecule has 1 atom stereocenters. The molecule has 1 saturated heterocycles. The molecule has 1 amide bonds. The van der Waals surface area contributed by atoms with Crippen LogP contribution >= 0.6 is 23.1 Å². The maximum Gasteiger partial charge on any atom is 0.244 e. The van der Waals surface area contributed by atoms with Gasteiger partial charge in [0.2, 0.25) is 5.91 Å². The van der Waals surface area contributed by atoms with E-state index in [-0.39, 0.29) is 5.91 Å². The summed E-state index contributed by atoms with van der Waals surface area (Å²) in [6.45, 7) is 2.24. The van der Waals surface area contributed by atoms with Crippen LogP contribution in [-0.4, -0.2) is 39.6 Å². The second kappa shape index (κ2) is 5.86. The van der Waals surface area contributed by atoms with Gasteiger partial charge < -0.3 is 10.4 Å². The molecule has 0 bridgehead atoms. The van der Waals surface area contributed by atoms with Crippen LogP contribution < -0.4 is 5.32 Å². The normalized spacial score (nSPS) is 23.7. The number of aliphatic hydroxyl groups is 1. The molecule has 1 fully saturated rings. The van der Waals surface area contributed by atoms with Crippen LogP contribution in [0.5, 0.6) is 0 Å². The minimum Gasteiger partial charge on any atom is -0.387 e. The molecule has 1 unspecified atom stereocenters. The Morgan fingerprint density at radius 2 is 2.56 bits per heavy atom. The van der Waals surface area contributed by atoms with Crippen molar-refractivity contribution in [1.82, 2.24) is 10.3 Å². The number of thiazole rings is 1. The molecule has 2 heterocycles. The Labute approximate surface area is 115 Å². The van der Waals surface area contributed by atoms with Gasteiger partial charge in [-0.3, -0.25) is 4.79 Å². The number of thioether (sulfide) groups is 1. The summed E-state index contributed by atoms with van der Waals surface area (Å²) in [4.78, 5) is 15.8. The van der Waals surface area contributed by atoms with E-state index < -0.39 is 5.60 Å². The number of carbonyl (C=O) groups excluding carboxylic acids is 1. The molecule has 2 rings (SSSR count). The van der Waals surface area contributed by atoms with E-state index in [0.717, 1.165) is 22.9 Å². The highest BCUT2D eigenvalue weighted by molar-refractivity contribution is 7.99. The van der Waals surface area contributed by atoms with Crippen molar-refractivity contribution in [2.45, 2.75) is 18.9 Å². The fraction of sp³-hybridized carbons (Fsp3) is 0.500. The van der Waals surface area contributed by atoms with Gasteiger partial charge in [-0.15, -0.1) is 11.3 Å². The molecule has 1 aliphatic rings. The largest absolute Gasteiger partial charge is 0.387 e. The van der Waals surface area contributed by atoms with E-state index in [0.29, 0.717) is 12.3 Å². The molecule has 4 nitrogen and oxygen atoms in total. The highest BCUT2D eigenvalue weighted by atomic mass is 32.2. The van der Waals surface area contributed by atoms with Gasteiger partial charge in [-0.05, 0) is 25.2 Å². The fourth-order valence-corrected chi connectivity index (χ4v) is 3.54. The number of amides is 1. The number of carbonyl (C=O) groups is 1. The van der Waals surface area contributed by atoms with Crippen molar-refractivity contribution < 1.29 is 9.90 Å². The quantitative estimate of drug-likeness (QED) is 0.822. The Morgan fingerprint density at radius 1 is 1.72 bits per heavy atom. The van der Waals surface area contributed by atoms with Crippen LogP contribution in [0, 0.1) is 6.92 Å². The Hall–Kier alpha value is -0.850. The highest BCUT2D eigenvalue weighted by Crippen LogP contribution is 2.26. The van der Waals surface area contributed by atoms with E-state index in [1.807, 2.05) is 12.3 Å². The summed E-state index contributed by atoms with van der Waals surface area (Å²) in [7, 11) is 0. The molecule has 2 N–H and O–H groups in total. The zero-order chi connectivity index (χ0) is 13.0. The van der Waals surface area contributed by atoms with Crippen LogP contribution in [0.3, 0.4) is 0 Å². The van der Waals surface area contributed by atoms with Gasteiger partial charge in [-0.1, -0.05) is 0 Å². The van der Waals surface area contributed by atoms with Crippen molar-refractivity contribution in [2.75, 3.05) is 18.1 Å². The predicted molar refractivity (Wildman–Crippen MR) is 75.8 cm³/mol. The van der Waals surface area contributed by atoms with Crippen molar-refractivity contribution >= 4 is 35.1 Å². The van der Waals surface area contributed by atoms with Crippen LogP contribution in [0.15, 0.2) is 11.5 Å². The SMILES string of the molecule is Cc1nc(C=CC(=O)NCC2(O)CCSC2)cs1. The molecule has 0 aliphatic carbocycles. The first-order valence-corrected chi connectivity index (χ1v) is 7.79.